The number of Topliss-reactive ketones (excluding diaryl/α,β-unsaturated/α-hetero) is 2. The summed E-state index contributed by atoms with van der Waals surface area (Å²) >= 11 is 0. The van der Waals surface area contributed by atoms with Crippen LogP contribution in [0.25, 0.3) is 0 Å². The predicted molar refractivity (Wildman–Crippen MR) is 123 cm³/mol. The zero-order chi connectivity index (χ0) is 22.7. The van der Waals surface area contributed by atoms with E-state index >= 15 is 0 Å². The molecule has 1 saturated heterocycles. The SMILES string of the molecule is CC1(C)CC(=O)C2=C(C1)OC1=C(C(=O)CC(C)(C)C1)C2c1ccc(N2CCOCC2)cc1. The van der Waals surface area contributed by atoms with Crippen LogP contribution in [-0.2, 0) is 19.1 Å². The van der Waals surface area contributed by atoms with Gasteiger partial charge >= 0.3 is 0 Å². The number of carbonyl (C=O) groups excluding carboxylic acids is 2. The van der Waals surface area contributed by atoms with Crippen molar-refractivity contribution in [2.45, 2.75) is 59.3 Å². The highest BCUT2D eigenvalue weighted by molar-refractivity contribution is 6.06. The molecule has 5 heteroatoms. The third kappa shape index (κ3) is 3.81. The van der Waals surface area contributed by atoms with E-state index in [2.05, 4.69) is 56.9 Å². The quantitative estimate of drug-likeness (QED) is 0.660. The van der Waals surface area contributed by atoms with E-state index in [4.69, 9.17) is 9.47 Å². The lowest BCUT2D eigenvalue weighted by Gasteiger charge is -2.42. The van der Waals surface area contributed by atoms with E-state index in [1.54, 1.807) is 0 Å². The lowest BCUT2D eigenvalue weighted by molar-refractivity contribution is -0.120. The molecule has 1 aromatic rings. The Kier molecular flexibility index (Phi) is 5.08. The first-order chi connectivity index (χ1) is 15.1. The second-order valence-corrected chi connectivity index (χ2v) is 11.3. The molecule has 2 heterocycles. The molecule has 0 unspecified atom stereocenters. The smallest absolute Gasteiger partial charge is 0.163 e. The molecule has 170 valence electrons. The van der Waals surface area contributed by atoms with E-state index in [1.807, 2.05) is 0 Å². The van der Waals surface area contributed by atoms with Crippen LogP contribution in [0.15, 0.2) is 46.9 Å². The minimum atomic E-state index is -0.320. The second kappa shape index (κ2) is 7.58. The summed E-state index contributed by atoms with van der Waals surface area (Å²) < 4.78 is 11.8. The number of ether oxygens (including phenoxy) is 2. The number of carbonyl (C=O) groups is 2. The monoisotopic (exact) mass is 435 g/mol. The molecule has 0 spiro atoms. The zero-order valence-electron chi connectivity index (χ0n) is 19.6. The summed E-state index contributed by atoms with van der Waals surface area (Å²) in [7, 11) is 0. The Balaban J connectivity index is 1.58. The summed E-state index contributed by atoms with van der Waals surface area (Å²) in [6.07, 6.45) is 2.42. The molecule has 4 aliphatic rings. The van der Waals surface area contributed by atoms with Gasteiger partial charge in [0.1, 0.15) is 11.5 Å². The average molecular weight is 436 g/mol. The highest BCUT2D eigenvalue weighted by Crippen LogP contribution is 2.53. The molecule has 32 heavy (non-hydrogen) atoms. The summed E-state index contributed by atoms with van der Waals surface area (Å²) in [6.45, 7) is 11.7. The van der Waals surface area contributed by atoms with Crippen molar-refractivity contribution in [2.75, 3.05) is 31.2 Å². The van der Waals surface area contributed by atoms with Crippen molar-refractivity contribution in [3.63, 3.8) is 0 Å². The summed E-state index contributed by atoms with van der Waals surface area (Å²) in [6, 6.07) is 8.42. The number of morpholine rings is 1. The van der Waals surface area contributed by atoms with Gasteiger partial charge < -0.3 is 14.4 Å². The molecule has 0 aromatic heterocycles. The van der Waals surface area contributed by atoms with Crippen LogP contribution >= 0.6 is 0 Å². The number of benzene rings is 1. The minimum absolute atomic E-state index is 0.114. The number of nitrogens with zero attached hydrogens (tertiary/aromatic N) is 1. The van der Waals surface area contributed by atoms with Crippen molar-refractivity contribution >= 4 is 17.3 Å². The van der Waals surface area contributed by atoms with Gasteiger partial charge in [0.2, 0.25) is 0 Å². The zero-order valence-corrected chi connectivity index (χ0v) is 19.6. The van der Waals surface area contributed by atoms with E-state index in [0.29, 0.717) is 24.0 Å². The Labute approximate surface area is 190 Å². The fourth-order valence-corrected chi connectivity index (χ4v) is 5.71. The van der Waals surface area contributed by atoms with Crippen LogP contribution in [0, 0.1) is 10.8 Å². The maximum Gasteiger partial charge on any atom is 0.163 e. The third-order valence-electron chi connectivity index (χ3n) is 7.18. The first-order valence-electron chi connectivity index (χ1n) is 11.8. The van der Waals surface area contributed by atoms with E-state index in [1.165, 1.54) is 0 Å². The second-order valence-electron chi connectivity index (χ2n) is 11.3. The summed E-state index contributed by atoms with van der Waals surface area (Å²) in [4.78, 5) is 29.0. The van der Waals surface area contributed by atoms with Gasteiger partial charge in [0.05, 0.1) is 13.2 Å². The predicted octanol–water partition coefficient (Wildman–Crippen LogP) is 4.92. The highest BCUT2D eigenvalue weighted by atomic mass is 16.5. The van der Waals surface area contributed by atoms with Crippen molar-refractivity contribution in [3.05, 3.63) is 52.5 Å². The van der Waals surface area contributed by atoms with Crippen LogP contribution in [0.2, 0.25) is 0 Å². The molecular weight excluding hydrogens is 402 g/mol. The standard InChI is InChI=1S/C27H33NO4/c1-26(2)13-19(29)24-21(15-26)32-22-16-27(3,4)14-20(30)25(22)23(24)17-5-7-18(8-6-17)28-9-11-31-12-10-28/h5-8,23H,9-16H2,1-4H3. The van der Waals surface area contributed by atoms with E-state index in [9.17, 15) is 9.59 Å². The van der Waals surface area contributed by atoms with Crippen molar-refractivity contribution in [3.8, 4) is 0 Å². The van der Waals surface area contributed by atoms with Crippen LogP contribution in [-0.4, -0.2) is 37.9 Å². The van der Waals surface area contributed by atoms with Crippen LogP contribution in [0.3, 0.4) is 0 Å². The molecule has 1 aromatic carbocycles. The van der Waals surface area contributed by atoms with Gasteiger partial charge in [-0.05, 0) is 28.5 Å². The fraction of sp³-hybridized carbons (Fsp3) is 0.556. The first kappa shape index (κ1) is 21.4. The summed E-state index contributed by atoms with van der Waals surface area (Å²) in [5.74, 6) is 1.46. The van der Waals surface area contributed by atoms with Gasteiger partial charge in [-0.15, -0.1) is 0 Å². The number of rotatable bonds is 2. The van der Waals surface area contributed by atoms with Crippen molar-refractivity contribution in [1.29, 1.82) is 0 Å². The number of allylic oxidation sites excluding steroid dienone is 4. The average Bonchev–Trinajstić information content (AvgIpc) is 2.71. The van der Waals surface area contributed by atoms with Crippen LogP contribution in [0.1, 0.15) is 64.9 Å². The van der Waals surface area contributed by atoms with Crippen molar-refractivity contribution < 1.29 is 19.1 Å². The largest absolute Gasteiger partial charge is 0.465 e. The number of hydrogen-bond acceptors (Lipinski definition) is 5. The number of hydrogen-bond donors (Lipinski definition) is 0. The van der Waals surface area contributed by atoms with Gasteiger partial charge in [0.15, 0.2) is 11.6 Å². The lowest BCUT2D eigenvalue weighted by atomic mass is 9.65. The molecule has 0 atom stereocenters. The molecule has 5 nitrogen and oxygen atoms in total. The van der Waals surface area contributed by atoms with Gasteiger partial charge in [0.25, 0.3) is 0 Å². The number of ketones is 2. The molecule has 0 N–H and O–H groups in total. The van der Waals surface area contributed by atoms with Gasteiger partial charge in [0, 0.05) is 61.5 Å². The molecule has 0 amide bonds. The van der Waals surface area contributed by atoms with E-state index < -0.39 is 0 Å². The van der Waals surface area contributed by atoms with E-state index in [-0.39, 0.29) is 28.3 Å². The van der Waals surface area contributed by atoms with Gasteiger partial charge in [-0.25, -0.2) is 0 Å². The fourth-order valence-electron chi connectivity index (χ4n) is 5.71. The van der Waals surface area contributed by atoms with Gasteiger partial charge in [-0.1, -0.05) is 39.8 Å². The molecule has 2 aliphatic heterocycles. The van der Waals surface area contributed by atoms with Crippen LogP contribution in [0.5, 0.6) is 0 Å². The number of anilines is 1. The molecule has 0 bridgehead atoms. The van der Waals surface area contributed by atoms with Crippen LogP contribution < -0.4 is 4.90 Å². The summed E-state index contributed by atoms with van der Waals surface area (Å²) in [5, 5.41) is 0. The topological polar surface area (TPSA) is 55.8 Å². The molecule has 2 aliphatic carbocycles. The Morgan fingerprint density at radius 2 is 1.28 bits per heavy atom. The molecule has 0 saturated carbocycles. The first-order valence-corrected chi connectivity index (χ1v) is 11.8. The molecule has 5 rings (SSSR count). The van der Waals surface area contributed by atoms with E-state index in [0.717, 1.165) is 61.9 Å². The van der Waals surface area contributed by atoms with Gasteiger partial charge in [-0.2, -0.15) is 0 Å². The maximum absolute atomic E-state index is 13.4. The molecule has 0 radical (unpaired) electrons. The Hall–Kier alpha value is -2.40. The van der Waals surface area contributed by atoms with Crippen molar-refractivity contribution in [2.24, 2.45) is 10.8 Å². The lowest BCUT2D eigenvalue weighted by Crippen LogP contribution is -2.37. The van der Waals surface area contributed by atoms with Gasteiger partial charge in [-0.3, -0.25) is 9.59 Å². The Morgan fingerprint density at radius 3 is 1.78 bits per heavy atom. The Morgan fingerprint density at radius 1 is 0.781 bits per heavy atom. The minimum Gasteiger partial charge on any atom is -0.465 e. The molecule has 1 fully saturated rings. The Bertz CT molecular complexity index is 970. The van der Waals surface area contributed by atoms with Crippen molar-refractivity contribution in [1.82, 2.24) is 0 Å². The highest BCUT2D eigenvalue weighted by Gasteiger charge is 2.47. The van der Waals surface area contributed by atoms with Crippen LogP contribution in [0.4, 0.5) is 5.69 Å². The summed E-state index contributed by atoms with van der Waals surface area (Å²) in [5.41, 5.74) is 3.30. The third-order valence-corrected chi connectivity index (χ3v) is 7.18. The normalized spacial score (nSPS) is 25.4. The molecular formula is C27H33NO4. The maximum atomic E-state index is 13.4.